The Kier molecular flexibility index (Phi) is 5.26. The highest BCUT2D eigenvalue weighted by Crippen LogP contribution is 2.31. The van der Waals surface area contributed by atoms with E-state index in [-0.39, 0.29) is 18.3 Å². The predicted octanol–water partition coefficient (Wildman–Crippen LogP) is 1.75. The van der Waals surface area contributed by atoms with E-state index < -0.39 is 5.54 Å². The standard InChI is InChI=1S/C12H15ClN2O2.ClH/c13-9-1-3-10(4-2-9)17-8-7-15-11(16)12(14)5-6-12;/h1-4H,5-8,14H2,(H,15,16);1H. The summed E-state index contributed by atoms with van der Waals surface area (Å²) in [5.74, 6) is 0.648. The first kappa shape index (κ1) is 15.1. The van der Waals surface area contributed by atoms with Crippen LogP contribution in [0.2, 0.25) is 5.02 Å². The fourth-order valence-corrected chi connectivity index (χ4v) is 1.53. The van der Waals surface area contributed by atoms with Gasteiger partial charge in [-0.05, 0) is 37.1 Å². The monoisotopic (exact) mass is 290 g/mol. The summed E-state index contributed by atoms with van der Waals surface area (Å²) in [7, 11) is 0. The number of hydrogen-bond donors (Lipinski definition) is 2. The molecule has 1 aromatic carbocycles. The smallest absolute Gasteiger partial charge is 0.240 e. The van der Waals surface area contributed by atoms with Crippen molar-refractivity contribution in [1.82, 2.24) is 5.32 Å². The molecule has 1 aromatic rings. The third-order valence-electron chi connectivity index (χ3n) is 2.71. The van der Waals surface area contributed by atoms with Crippen molar-refractivity contribution in [3.63, 3.8) is 0 Å². The molecule has 1 aliphatic carbocycles. The first-order valence-corrected chi connectivity index (χ1v) is 5.93. The highest BCUT2D eigenvalue weighted by Gasteiger charge is 2.45. The van der Waals surface area contributed by atoms with Gasteiger partial charge in [-0.25, -0.2) is 0 Å². The second-order valence-corrected chi connectivity index (χ2v) is 4.65. The van der Waals surface area contributed by atoms with Gasteiger partial charge < -0.3 is 15.8 Å². The van der Waals surface area contributed by atoms with Crippen molar-refractivity contribution in [2.45, 2.75) is 18.4 Å². The van der Waals surface area contributed by atoms with Crippen molar-refractivity contribution in [3.05, 3.63) is 29.3 Å². The number of nitrogens with two attached hydrogens (primary N) is 1. The van der Waals surface area contributed by atoms with Crippen LogP contribution in [0.25, 0.3) is 0 Å². The van der Waals surface area contributed by atoms with Gasteiger partial charge >= 0.3 is 0 Å². The lowest BCUT2D eigenvalue weighted by molar-refractivity contribution is -0.123. The minimum absolute atomic E-state index is 0. The van der Waals surface area contributed by atoms with Crippen LogP contribution >= 0.6 is 24.0 Å². The van der Waals surface area contributed by atoms with E-state index >= 15 is 0 Å². The zero-order valence-electron chi connectivity index (χ0n) is 9.82. The molecule has 2 rings (SSSR count). The molecular formula is C12H16Cl2N2O2. The van der Waals surface area contributed by atoms with Crippen molar-refractivity contribution in [2.75, 3.05) is 13.2 Å². The Morgan fingerprint density at radius 3 is 2.56 bits per heavy atom. The molecule has 100 valence electrons. The van der Waals surface area contributed by atoms with E-state index in [9.17, 15) is 4.79 Å². The molecule has 0 unspecified atom stereocenters. The Hall–Kier alpha value is -0.970. The van der Waals surface area contributed by atoms with Gasteiger partial charge in [0.25, 0.3) is 0 Å². The Morgan fingerprint density at radius 2 is 2.00 bits per heavy atom. The lowest BCUT2D eigenvalue weighted by Crippen LogP contribution is -2.44. The molecule has 1 aliphatic rings. The molecule has 0 spiro atoms. The summed E-state index contributed by atoms with van der Waals surface area (Å²) < 4.78 is 5.43. The summed E-state index contributed by atoms with van der Waals surface area (Å²) in [6.07, 6.45) is 1.55. The van der Waals surface area contributed by atoms with Crippen LogP contribution in [0.5, 0.6) is 5.75 Å². The van der Waals surface area contributed by atoms with Crippen molar-refractivity contribution in [3.8, 4) is 5.75 Å². The molecule has 1 amide bonds. The number of ether oxygens (including phenoxy) is 1. The van der Waals surface area contributed by atoms with Gasteiger partial charge in [-0.1, -0.05) is 11.6 Å². The van der Waals surface area contributed by atoms with Crippen LogP contribution in [0.4, 0.5) is 0 Å². The minimum Gasteiger partial charge on any atom is -0.492 e. The number of hydrogen-bond acceptors (Lipinski definition) is 3. The van der Waals surface area contributed by atoms with Crippen LogP contribution in [0.3, 0.4) is 0 Å². The van der Waals surface area contributed by atoms with Crippen LogP contribution in [-0.4, -0.2) is 24.6 Å². The zero-order valence-corrected chi connectivity index (χ0v) is 11.4. The summed E-state index contributed by atoms with van der Waals surface area (Å²) in [6, 6.07) is 7.09. The van der Waals surface area contributed by atoms with E-state index in [0.29, 0.717) is 18.2 Å². The molecule has 0 atom stereocenters. The van der Waals surface area contributed by atoms with Gasteiger partial charge in [0, 0.05) is 5.02 Å². The van der Waals surface area contributed by atoms with Crippen LogP contribution in [0.1, 0.15) is 12.8 Å². The van der Waals surface area contributed by atoms with Crippen molar-refractivity contribution in [2.24, 2.45) is 5.73 Å². The number of rotatable bonds is 5. The SMILES string of the molecule is Cl.NC1(C(=O)NCCOc2ccc(Cl)cc2)CC1. The minimum atomic E-state index is -0.611. The summed E-state index contributed by atoms with van der Waals surface area (Å²) in [5.41, 5.74) is 5.12. The summed E-state index contributed by atoms with van der Waals surface area (Å²) >= 11 is 5.75. The molecule has 6 heteroatoms. The number of carbonyl (C=O) groups excluding carboxylic acids is 1. The molecule has 0 saturated heterocycles. The first-order chi connectivity index (χ1) is 8.10. The number of halogens is 2. The molecule has 0 radical (unpaired) electrons. The third-order valence-corrected chi connectivity index (χ3v) is 2.96. The molecule has 18 heavy (non-hydrogen) atoms. The molecule has 1 saturated carbocycles. The summed E-state index contributed by atoms with van der Waals surface area (Å²) in [6.45, 7) is 0.879. The topological polar surface area (TPSA) is 64.4 Å². The largest absolute Gasteiger partial charge is 0.492 e. The number of nitrogens with one attached hydrogen (secondary N) is 1. The fourth-order valence-electron chi connectivity index (χ4n) is 1.40. The molecule has 0 heterocycles. The van der Waals surface area contributed by atoms with Gasteiger partial charge in [0.2, 0.25) is 5.91 Å². The highest BCUT2D eigenvalue weighted by atomic mass is 35.5. The average Bonchev–Trinajstić information content (AvgIpc) is 3.06. The Morgan fingerprint density at radius 1 is 1.39 bits per heavy atom. The van der Waals surface area contributed by atoms with E-state index in [1.54, 1.807) is 24.3 Å². The Balaban J connectivity index is 0.00000162. The zero-order chi connectivity index (χ0) is 12.3. The lowest BCUT2D eigenvalue weighted by Gasteiger charge is -2.10. The second kappa shape index (κ2) is 6.27. The number of benzene rings is 1. The van der Waals surface area contributed by atoms with Crippen LogP contribution in [-0.2, 0) is 4.79 Å². The molecule has 0 aromatic heterocycles. The molecule has 0 bridgehead atoms. The van der Waals surface area contributed by atoms with Gasteiger partial charge in [-0.15, -0.1) is 12.4 Å². The number of amides is 1. The van der Waals surface area contributed by atoms with Crippen LogP contribution < -0.4 is 15.8 Å². The summed E-state index contributed by atoms with van der Waals surface area (Å²) in [4.78, 5) is 11.5. The molecular weight excluding hydrogens is 275 g/mol. The normalized spacial score (nSPS) is 15.4. The van der Waals surface area contributed by atoms with E-state index in [4.69, 9.17) is 22.1 Å². The van der Waals surface area contributed by atoms with Crippen molar-refractivity contribution in [1.29, 1.82) is 0 Å². The van der Waals surface area contributed by atoms with E-state index in [1.807, 2.05) is 0 Å². The maximum absolute atomic E-state index is 11.5. The van der Waals surface area contributed by atoms with Gasteiger partial charge in [-0.3, -0.25) is 4.79 Å². The quantitative estimate of drug-likeness (QED) is 0.812. The van der Waals surface area contributed by atoms with Crippen molar-refractivity contribution >= 4 is 29.9 Å². The maximum Gasteiger partial charge on any atom is 0.240 e. The Bertz CT molecular complexity index is 405. The maximum atomic E-state index is 11.5. The molecule has 0 aliphatic heterocycles. The summed E-state index contributed by atoms with van der Waals surface area (Å²) in [5, 5.41) is 3.42. The fraction of sp³-hybridized carbons (Fsp3) is 0.417. The molecule has 4 nitrogen and oxygen atoms in total. The lowest BCUT2D eigenvalue weighted by atomic mass is 10.3. The van der Waals surface area contributed by atoms with Gasteiger partial charge in [0.05, 0.1) is 12.1 Å². The molecule has 3 N–H and O–H groups in total. The van der Waals surface area contributed by atoms with Gasteiger partial charge in [0.1, 0.15) is 12.4 Å². The van der Waals surface area contributed by atoms with E-state index in [0.717, 1.165) is 18.6 Å². The van der Waals surface area contributed by atoms with E-state index in [2.05, 4.69) is 5.32 Å². The Labute approximate surface area is 117 Å². The number of carbonyl (C=O) groups is 1. The first-order valence-electron chi connectivity index (χ1n) is 5.56. The highest BCUT2D eigenvalue weighted by molar-refractivity contribution is 6.30. The van der Waals surface area contributed by atoms with Gasteiger partial charge in [0.15, 0.2) is 0 Å². The van der Waals surface area contributed by atoms with Gasteiger partial charge in [-0.2, -0.15) is 0 Å². The van der Waals surface area contributed by atoms with Crippen LogP contribution in [0.15, 0.2) is 24.3 Å². The predicted molar refractivity (Wildman–Crippen MR) is 73.4 cm³/mol. The van der Waals surface area contributed by atoms with Crippen molar-refractivity contribution < 1.29 is 9.53 Å². The second-order valence-electron chi connectivity index (χ2n) is 4.21. The van der Waals surface area contributed by atoms with E-state index in [1.165, 1.54) is 0 Å². The molecule has 1 fully saturated rings. The van der Waals surface area contributed by atoms with Crippen LogP contribution in [0, 0.1) is 0 Å². The average molecular weight is 291 g/mol. The third kappa shape index (κ3) is 4.05.